The Morgan fingerprint density at radius 1 is 1.16 bits per heavy atom. The molecular formula is C28H25FN2O5S2. The molecule has 1 atom stereocenters. The van der Waals surface area contributed by atoms with Crippen LogP contribution in [0.2, 0.25) is 0 Å². The quantitative estimate of drug-likeness (QED) is 0.171. The highest BCUT2D eigenvalue weighted by Crippen LogP contribution is 2.46. The number of rotatable bonds is 10. The molecule has 5 rings (SSSR count). The van der Waals surface area contributed by atoms with Crippen LogP contribution in [-0.4, -0.2) is 35.5 Å². The Bertz CT molecular complexity index is 1530. The van der Waals surface area contributed by atoms with Gasteiger partial charge in [-0.3, -0.25) is 14.5 Å². The van der Waals surface area contributed by atoms with Crippen molar-refractivity contribution in [2.24, 2.45) is 0 Å². The zero-order chi connectivity index (χ0) is 26.8. The standard InChI is InChI=1S/C28H25FN2O5S2/c1-3-4-5-12-36-19-11-8-16(14-20(19)35-2)24-23(25(32)21-7-6-13-37-21)26(33)27(34)31(24)28-30-18-10-9-17(29)15-22(18)38-28/h6-11,13-15,24,33H,3-5,12H2,1-2H3. The van der Waals surface area contributed by atoms with Gasteiger partial charge in [0, 0.05) is 0 Å². The average Bonchev–Trinajstić information content (AvgIpc) is 3.65. The number of aliphatic hydroxyl groups is 1. The fourth-order valence-electron chi connectivity index (χ4n) is 4.39. The molecule has 1 aliphatic rings. The molecule has 0 saturated carbocycles. The van der Waals surface area contributed by atoms with Gasteiger partial charge in [-0.25, -0.2) is 9.37 Å². The monoisotopic (exact) mass is 552 g/mol. The number of carbonyl (C=O) groups excluding carboxylic acids is 2. The second-order valence-electron chi connectivity index (χ2n) is 8.72. The van der Waals surface area contributed by atoms with Crippen molar-refractivity contribution in [1.29, 1.82) is 0 Å². The zero-order valence-electron chi connectivity index (χ0n) is 20.8. The lowest BCUT2D eigenvalue weighted by Gasteiger charge is -2.25. The van der Waals surface area contributed by atoms with Crippen LogP contribution >= 0.6 is 22.7 Å². The number of hydrogen-bond donors (Lipinski definition) is 1. The van der Waals surface area contributed by atoms with E-state index in [0.717, 1.165) is 30.6 Å². The fourth-order valence-corrected chi connectivity index (χ4v) is 6.08. The molecule has 3 heterocycles. The lowest BCUT2D eigenvalue weighted by molar-refractivity contribution is -0.117. The van der Waals surface area contributed by atoms with Crippen LogP contribution in [0.5, 0.6) is 11.5 Å². The Hall–Kier alpha value is -3.76. The van der Waals surface area contributed by atoms with Gasteiger partial charge >= 0.3 is 0 Å². The van der Waals surface area contributed by atoms with Crippen molar-refractivity contribution in [2.45, 2.75) is 32.2 Å². The number of fused-ring (bicyclic) bond motifs is 1. The molecule has 0 bridgehead atoms. The Labute approximate surface area is 226 Å². The smallest absolute Gasteiger partial charge is 0.296 e. The summed E-state index contributed by atoms with van der Waals surface area (Å²) in [5, 5.41) is 13.0. The molecule has 0 saturated heterocycles. The minimum Gasteiger partial charge on any atom is -0.503 e. The van der Waals surface area contributed by atoms with E-state index in [1.807, 2.05) is 0 Å². The summed E-state index contributed by atoms with van der Waals surface area (Å²) in [6.45, 7) is 2.65. The van der Waals surface area contributed by atoms with Gasteiger partial charge in [-0.1, -0.05) is 43.2 Å². The molecule has 0 radical (unpaired) electrons. The Morgan fingerprint density at radius 3 is 2.74 bits per heavy atom. The van der Waals surface area contributed by atoms with Gasteiger partial charge in [0.2, 0.25) is 5.78 Å². The van der Waals surface area contributed by atoms with E-state index in [-0.39, 0.29) is 10.7 Å². The summed E-state index contributed by atoms with van der Waals surface area (Å²) in [6.07, 6.45) is 3.02. The van der Waals surface area contributed by atoms with Gasteiger partial charge in [0.15, 0.2) is 22.4 Å². The molecule has 196 valence electrons. The van der Waals surface area contributed by atoms with Gasteiger partial charge < -0.3 is 14.6 Å². The van der Waals surface area contributed by atoms with E-state index in [9.17, 15) is 19.1 Å². The van der Waals surface area contributed by atoms with Gasteiger partial charge in [0.25, 0.3) is 5.91 Å². The predicted octanol–water partition coefficient (Wildman–Crippen LogP) is 6.86. The number of thiophene rings is 1. The molecule has 1 unspecified atom stereocenters. The number of benzene rings is 2. The minimum atomic E-state index is -0.981. The first-order valence-corrected chi connectivity index (χ1v) is 13.8. The van der Waals surface area contributed by atoms with Gasteiger partial charge in [0.1, 0.15) is 5.82 Å². The molecule has 0 spiro atoms. The van der Waals surface area contributed by atoms with Crippen LogP contribution in [0, 0.1) is 5.82 Å². The van der Waals surface area contributed by atoms with Crippen molar-refractivity contribution in [3.63, 3.8) is 0 Å². The maximum absolute atomic E-state index is 13.9. The fraction of sp³-hybridized carbons (Fsp3) is 0.250. The van der Waals surface area contributed by atoms with Crippen molar-refractivity contribution in [3.8, 4) is 11.5 Å². The number of thiazole rings is 1. The number of carbonyl (C=O) groups is 2. The van der Waals surface area contributed by atoms with Crippen LogP contribution < -0.4 is 14.4 Å². The normalized spacial score (nSPS) is 15.5. The molecule has 1 aliphatic heterocycles. The lowest BCUT2D eigenvalue weighted by Crippen LogP contribution is -2.31. The molecule has 38 heavy (non-hydrogen) atoms. The second kappa shape index (κ2) is 10.9. The third-order valence-corrected chi connectivity index (χ3v) is 8.14. The zero-order valence-corrected chi connectivity index (χ0v) is 22.4. The molecule has 4 aromatic rings. The maximum atomic E-state index is 13.9. The predicted molar refractivity (Wildman–Crippen MR) is 146 cm³/mol. The van der Waals surface area contributed by atoms with E-state index in [1.165, 1.54) is 41.5 Å². The summed E-state index contributed by atoms with van der Waals surface area (Å²) in [4.78, 5) is 33.2. The topological polar surface area (TPSA) is 89.0 Å². The summed E-state index contributed by atoms with van der Waals surface area (Å²) in [5.41, 5.74) is 0.982. The van der Waals surface area contributed by atoms with E-state index in [1.54, 1.807) is 35.7 Å². The molecule has 0 fully saturated rings. The average molecular weight is 553 g/mol. The molecule has 1 amide bonds. The summed E-state index contributed by atoms with van der Waals surface area (Å²) >= 11 is 2.32. The number of ketones is 1. The van der Waals surface area contributed by atoms with Gasteiger partial charge in [-0.15, -0.1) is 11.3 Å². The number of aliphatic hydroxyl groups excluding tert-OH is 1. The summed E-state index contributed by atoms with van der Waals surface area (Å²) < 4.78 is 25.9. The third kappa shape index (κ3) is 4.77. The number of nitrogens with zero attached hydrogens (tertiary/aromatic N) is 2. The number of hydrogen-bond acceptors (Lipinski definition) is 8. The van der Waals surface area contributed by atoms with E-state index < -0.39 is 29.3 Å². The molecule has 1 N–H and O–H groups in total. The van der Waals surface area contributed by atoms with Crippen molar-refractivity contribution < 1.29 is 28.6 Å². The van der Waals surface area contributed by atoms with Crippen LogP contribution in [0.15, 0.2) is 65.2 Å². The largest absolute Gasteiger partial charge is 0.503 e. The number of ether oxygens (including phenoxy) is 2. The summed E-state index contributed by atoms with van der Waals surface area (Å²) in [5.74, 6) is -1.30. The van der Waals surface area contributed by atoms with Gasteiger partial charge in [0.05, 0.1) is 40.4 Å². The van der Waals surface area contributed by atoms with Crippen LogP contribution in [0.1, 0.15) is 47.5 Å². The van der Waals surface area contributed by atoms with E-state index in [0.29, 0.717) is 38.8 Å². The van der Waals surface area contributed by atoms with E-state index in [4.69, 9.17) is 9.47 Å². The Kier molecular flexibility index (Phi) is 7.44. The molecule has 0 aliphatic carbocycles. The number of halogens is 1. The maximum Gasteiger partial charge on any atom is 0.296 e. The number of amides is 1. The summed E-state index contributed by atoms with van der Waals surface area (Å²) in [7, 11) is 1.52. The first kappa shape index (κ1) is 25.9. The van der Waals surface area contributed by atoms with Crippen LogP contribution in [-0.2, 0) is 4.79 Å². The molecule has 2 aromatic carbocycles. The van der Waals surface area contributed by atoms with Crippen molar-refractivity contribution >= 4 is 49.7 Å². The van der Waals surface area contributed by atoms with E-state index >= 15 is 0 Å². The van der Waals surface area contributed by atoms with Gasteiger partial charge in [-0.2, -0.15) is 0 Å². The number of aromatic nitrogens is 1. The number of methoxy groups -OCH3 is 1. The number of Topliss-reactive ketones (excluding diaryl/α,β-unsaturated/α-hetero) is 1. The highest BCUT2D eigenvalue weighted by molar-refractivity contribution is 7.22. The van der Waals surface area contributed by atoms with Gasteiger partial charge in [-0.05, 0) is 53.8 Å². The highest BCUT2D eigenvalue weighted by atomic mass is 32.1. The molecular weight excluding hydrogens is 527 g/mol. The molecule has 7 nitrogen and oxygen atoms in total. The second-order valence-corrected chi connectivity index (χ2v) is 10.7. The third-order valence-electron chi connectivity index (χ3n) is 6.25. The van der Waals surface area contributed by atoms with Crippen molar-refractivity contribution in [2.75, 3.05) is 18.6 Å². The first-order valence-electron chi connectivity index (χ1n) is 12.1. The van der Waals surface area contributed by atoms with Crippen molar-refractivity contribution in [3.05, 3.63) is 81.5 Å². The minimum absolute atomic E-state index is 0.0541. The highest BCUT2D eigenvalue weighted by Gasteiger charge is 2.46. The Morgan fingerprint density at radius 2 is 2.00 bits per heavy atom. The Balaban J connectivity index is 1.60. The number of unbranched alkanes of at least 4 members (excludes halogenated alkanes) is 2. The van der Waals surface area contributed by atoms with Crippen LogP contribution in [0.4, 0.5) is 9.52 Å². The van der Waals surface area contributed by atoms with E-state index in [2.05, 4.69) is 11.9 Å². The summed E-state index contributed by atoms with van der Waals surface area (Å²) in [6, 6.07) is 11.7. The number of anilines is 1. The van der Waals surface area contributed by atoms with Crippen LogP contribution in [0.25, 0.3) is 10.2 Å². The lowest BCUT2D eigenvalue weighted by atomic mass is 9.95. The SMILES string of the molecule is CCCCCOc1ccc(C2C(C(=O)c3cccs3)=C(O)C(=O)N2c2nc3ccc(F)cc3s2)cc1OC. The molecule has 10 heteroatoms. The molecule has 2 aromatic heterocycles. The van der Waals surface area contributed by atoms with Crippen LogP contribution in [0.3, 0.4) is 0 Å². The van der Waals surface area contributed by atoms with Crippen molar-refractivity contribution in [1.82, 2.24) is 4.98 Å². The first-order chi connectivity index (χ1) is 18.4.